The molecule has 136 valence electrons. The summed E-state index contributed by atoms with van der Waals surface area (Å²) >= 11 is 1.31. The van der Waals surface area contributed by atoms with Gasteiger partial charge in [-0.2, -0.15) is 0 Å². The van der Waals surface area contributed by atoms with Crippen molar-refractivity contribution in [3.63, 3.8) is 0 Å². The Labute approximate surface area is 153 Å². The smallest absolute Gasteiger partial charge is 0.268 e. The summed E-state index contributed by atoms with van der Waals surface area (Å²) in [6.45, 7) is -0.159. The van der Waals surface area contributed by atoms with E-state index >= 15 is 0 Å². The van der Waals surface area contributed by atoms with E-state index in [4.69, 9.17) is 9.47 Å². The van der Waals surface area contributed by atoms with Crippen LogP contribution in [0.1, 0.15) is 10.5 Å². The van der Waals surface area contributed by atoms with Gasteiger partial charge in [0.05, 0.1) is 26.3 Å². The quantitative estimate of drug-likeness (QED) is 0.688. The van der Waals surface area contributed by atoms with E-state index in [9.17, 15) is 9.59 Å². The second-order valence-corrected chi connectivity index (χ2v) is 6.28. The summed E-state index contributed by atoms with van der Waals surface area (Å²) in [4.78, 5) is 28.4. The Morgan fingerprint density at radius 3 is 2.62 bits per heavy atom. The molecule has 2 N–H and O–H groups in total. The van der Waals surface area contributed by atoms with Crippen molar-refractivity contribution in [1.82, 2.24) is 14.9 Å². The molecule has 8 nitrogen and oxygen atoms in total. The molecule has 1 aromatic carbocycles. The SMILES string of the molecule is COc1ccc(OC)c2c1cc(C(=O)NCC(=O)Nc1nccs1)n2C. The van der Waals surface area contributed by atoms with Gasteiger partial charge in [-0.05, 0) is 18.2 Å². The Bertz CT molecular complexity index is 949. The molecule has 0 bridgehead atoms. The Morgan fingerprint density at radius 2 is 1.96 bits per heavy atom. The van der Waals surface area contributed by atoms with E-state index in [1.54, 1.807) is 55.6 Å². The van der Waals surface area contributed by atoms with E-state index in [-0.39, 0.29) is 18.4 Å². The number of thiazole rings is 1. The third-order valence-corrected chi connectivity index (χ3v) is 4.57. The lowest BCUT2D eigenvalue weighted by Crippen LogP contribution is -2.33. The highest BCUT2D eigenvalue weighted by Crippen LogP contribution is 2.35. The van der Waals surface area contributed by atoms with Gasteiger partial charge < -0.3 is 24.7 Å². The number of rotatable bonds is 6. The van der Waals surface area contributed by atoms with Gasteiger partial charge in [-0.15, -0.1) is 11.3 Å². The summed E-state index contributed by atoms with van der Waals surface area (Å²) in [6.07, 6.45) is 1.59. The van der Waals surface area contributed by atoms with Gasteiger partial charge in [0, 0.05) is 24.0 Å². The number of methoxy groups -OCH3 is 2. The first-order valence-corrected chi connectivity index (χ1v) is 8.61. The monoisotopic (exact) mass is 374 g/mol. The van der Waals surface area contributed by atoms with Gasteiger partial charge in [0.1, 0.15) is 17.2 Å². The number of aryl methyl sites for hydroxylation is 1. The molecule has 2 heterocycles. The lowest BCUT2D eigenvalue weighted by atomic mass is 10.2. The molecule has 3 rings (SSSR count). The number of anilines is 1. The van der Waals surface area contributed by atoms with Crippen molar-refractivity contribution < 1.29 is 19.1 Å². The molecule has 3 aromatic rings. The van der Waals surface area contributed by atoms with Crippen LogP contribution in [0, 0.1) is 0 Å². The summed E-state index contributed by atoms with van der Waals surface area (Å²) < 4.78 is 12.5. The molecule has 0 unspecified atom stereocenters. The number of hydrogen-bond donors (Lipinski definition) is 2. The molecule has 26 heavy (non-hydrogen) atoms. The molecule has 9 heteroatoms. The molecule has 0 radical (unpaired) electrons. The Morgan fingerprint density at radius 1 is 1.23 bits per heavy atom. The van der Waals surface area contributed by atoms with Gasteiger partial charge in [0.25, 0.3) is 5.91 Å². The normalized spacial score (nSPS) is 10.6. The molecule has 2 aromatic heterocycles. The van der Waals surface area contributed by atoms with Crippen LogP contribution < -0.4 is 20.1 Å². The van der Waals surface area contributed by atoms with Gasteiger partial charge in [-0.1, -0.05) is 0 Å². The first-order chi connectivity index (χ1) is 12.5. The van der Waals surface area contributed by atoms with E-state index in [1.807, 2.05) is 0 Å². The maximum Gasteiger partial charge on any atom is 0.268 e. The summed E-state index contributed by atoms with van der Waals surface area (Å²) in [5, 5.41) is 8.22. The van der Waals surface area contributed by atoms with E-state index in [0.717, 1.165) is 10.9 Å². The molecule has 0 aliphatic carbocycles. The van der Waals surface area contributed by atoms with Crippen molar-refractivity contribution >= 4 is 39.2 Å². The standard InChI is InChI=1S/C17H18N4O4S/c1-21-11(8-10-12(24-2)4-5-13(25-3)15(10)21)16(23)19-9-14(22)20-17-18-6-7-26-17/h4-8H,9H2,1-3H3,(H,19,23)(H,18,20,22). The van der Waals surface area contributed by atoms with Gasteiger partial charge >= 0.3 is 0 Å². The molecule has 0 atom stereocenters. The van der Waals surface area contributed by atoms with E-state index in [1.165, 1.54) is 11.3 Å². The van der Waals surface area contributed by atoms with Crippen molar-refractivity contribution in [1.29, 1.82) is 0 Å². The number of nitrogens with zero attached hydrogens (tertiary/aromatic N) is 2. The Kier molecular flexibility index (Phi) is 5.08. The molecule has 0 saturated heterocycles. The minimum Gasteiger partial charge on any atom is -0.496 e. The van der Waals surface area contributed by atoms with E-state index in [0.29, 0.717) is 22.3 Å². The average molecular weight is 374 g/mol. The zero-order valence-corrected chi connectivity index (χ0v) is 15.3. The fourth-order valence-corrected chi connectivity index (χ4v) is 3.21. The fourth-order valence-electron chi connectivity index (χ4n) is 2.67. The first kappa shape index (κ1) is 17.7. The molecular formula is C17H18N4O4S. The topological polar surface area (TPSA) is 94.5 Å². The zero-order chi connectivity index (χ0) is 18.7. The van der Waals surface area contributed by atoms with Gasteiger partial charge in [-0.25, -0.2) is 4.98 Å². The van der Waals surface area contributed by atoms with E-state index in [2.05, 4.69) is 15.6 Å². The molecule has 0 aliphatic heterocycles. The maximum absolute atomic E-state index is 12.5. The second kappa shape index (κ2) is 7.44. The van der Waals surface area contributed by atoms with Crippen molar-refractivity contribution in [2.24, 2.45) is 7.05 Å². The summed E-state index contributed by atoms with van der Waals surface area (Å²) in [5.74, 6) is 0.546. The summed E-state index contributed by atoms with van der Waals surface area (Å²) in [6, 6.07) is 5.28. The summed E-state index contributed by atoms with van der Waals surface area (Å²) in [5.41, 5.74) is 1.13. The van der Waals surface area contributed by atoms with Crippen molar-refractivity contribution in [3.05, 3.63) is 35.5 Å². The van der Waals surface area contributed by atoms with Gasteiger partial charge in [0.2, 0.25) is 5.91 Å². The average Bonchev–Trinajstić information content (AvgIpc) is 3.27. The van der Waals surface area contributed by atoms with E-state index < -0.39 is 0 Å². The number of fused-ring (bicyclic) bond motifs is 1. The third kappa shape index (κ3) is 3.33. The number of benzene rings is 1. The van der Waals surface area contributed by atoms with Crippen LogP contribution in [0.2, 0.25) is 0 Å². The first-order valence-electron chi connectivity index (χ1n) is 7.73. The maximum atomic E-state index is 12.5. The summed E-state index contributed by atoms with van der Waals surface area (Å²) in [7, 11) is 4.89. The number of ether oxygens (including phenoxy) is 2. The van der Waals surface area contributed by atoms with Crippen LogP contribution in [-0.2, 0) is 11.8 Å². The molecule has 0 aliphatic rings. The number of aromatic nitrogens is 2. The highest BCUT2D eigenvalue weighted by Gasteiger charge is 2.19. The fraction of sp³-hybridized carbons (Fsp3) is 0.235. The largest absolute Gasteiger partial charge is 0.496 e. The van der Waals surface area contributed by atoms with Crippen LogP contribution >= 0.6 is 11.3 Å². The number of carbonyl (C=O) groups is 2. The second-order valence-electron chi connectivity index (χ2n) is 5.39. The molecule has 0 spiro atoms. The van der Waals surface area contributed by atoms with Crippen LogP contribution in [0.5, 0.6) is 11.5 Å². The minimum atomic E-state index is -0.373. The van der Waals surface area contributed by atoms with Crippen molar-refractivity contribution in [2.45, 2.75) is 0 Å². The zero-order valence-electron chi connectivity index (χ0n) is 14.5. The molecule has 2 amide bonds. The molecular weight excluding hydrogens is 356 g/mol. The minimum absolute atomic E-state index is 0.159. The van der Waals surface area contributed by atoms with Gasteiger partial charge in [-0.3, -0.25) is 9.59 Å². The predicted molar refractivity (Wildman–Crippen MR) is 99.1 cm³/mol. The third-order valence-electron chi connectivity index (χ3n) is 3.88. The lowest BCUT2D eigenvalue weighted by Gasteiger charge is -2.09. The number of carbonyl (C=O) groups excluding carboxylic acids is 2. The molecule has 0 saturated carbocycles. The molecule has 0 fully saturated rings. The highest BCUT2D eigenvalue weighted by atomic mass is 32.1. The van der Waals surface area contributed by atoms with Crippen molar-refractivity contribution in [2.75, 3.05) is 26.1 Å². The number of hydrogen-bond acceptors (Lipinski definition) is 6. The van der Waals surface area contributed by atoms with Gasteiger partial charge in [0.15, 0.2) is 5.13 Å². The highest BCUT2D eigenvalue weighted by molar-refractivity contribution is 7.13. The number of nitrogens with one attached hydrogen (secondary N) is 2. The Balaban J connectivity index is 1.80. The van der Waals surface area contributed by atoms with Crippen LogP contribution in [-0.4, -0.2) is 42.1 Å². The predicted octanol–water partition coefficient (Wildman–Crippen LogP) is 2.02. The van der Waals surface area contributed by atoms with Crippen LogP contribution in [0.25, 0.3) is 10.9 Å². The number of amides is 2. The lowest BCUT2D eigenvalue weighted by molar-refractivity contribution is -0.115. The van der Waals surface area contributed by atoms with Crippen molar-refractivity contribution in [3.8, 4) is 11.5 Å². The van der Waals surface area contributed by atoms with Crippen LogP contribution in [0.3, 0.4) is 0 Å². The van der Waals surface area contributed by atoms with Crippen LogP contribution in [0.4, 0.5) is 5.13 Å². The Hall–Kier alpha value is -3.07. The van der Waals surface area contributed by atoms with Crippen LogP contribution in [0.15, 0.2) is 29.8 Å².